The molecule has 150 valence electrons. The second-order valence-corrected chi connectivity index (χ2v) is 7.20. The fraction of sp³-hybridized carbons (Fsp3) is 0.150. The molecule has 3 rings (SSSR count). The number of nitrogens with zero attached hydrogens (tertiary/aromatic N) is 1. The smallest absolute Gasteiger partial charge is 0.344 e. The average Bonchev–Trinajstić information content (AvgIpc) is 3.07. The summed E-state index contributed by atoms with van der Waals surface area (Å²) in [5.41, 5.74) is 0.340. The highest BCUT2D eigenvalue weighted by molar-refractivity contribution is 7.98. The summed E-state index contributed by atoms with van der Waals surface area (Å²) in [4.78, 5) is 25.6. The molecule has 3 aromatic rings. The van der Waals surface area contributed by atoms with Crippen molar-refractivity contribution in [2.75, 3.05) is 18.2 Å². The fourth-order valence-electron chi connectivity index (χ4n) is 2.61. The molecule has 2 aromatic carbocycles. The molecule has 1 N–H and O–H groups in total. The molecule has 0 aliphatic carbocycles. The van der Waals surface area contributed by atoms with Crippen LogP contribution in [0.2, 0.25) is 5.02 Å². The Kier molecular flexibility index (Phi) is 6.56. The number of aryl methyl sites for hydroxylation is 1. The normalized spacial score (nSPS) is 10.6. The van der Waals surface area contributed by atoms with Gasteiger partial charge in [-0.05, 0) is 43.5 Å². The summed E-state index contributed by atoms with van der Waals surface area (Å²) in [5, 5.41) is 6.45. The molecule has 0 radical (unpaired) electrons. The van der Waals surface area contributed by atoms with Crippen LogP contribution in [0.1, 0.15) is 16.1 Å². The summed E-state index contributed by atoms with van der Waals surface area (Å²) < 4.78 is 24.3. The average molecular weight is 435 g/mol. The van der Waals surface area contributed by atoms with E-state index in [0.29, 0.717) is 5.69 Å². The van der Waals surface area contributed by atoms with Crippen molar-refractivity contribution >= 4 is 40.9 Å². The van der Waals surface area contributed by atoms with Gasteiger partial charge >= 0.3 is 5.97 Å². The van der Waals surface area contributed by atoms with Gasteiger partial charge in [-0.15, -0.1) is 11.8 Å². The van der Waals surface area contributed by atoms with Gasteiger partial charge < -0.3 is 14.6 Å². The van der Waals surface area contributed by atoms with Crippen LogP contribution in [0.3, 0.4) is 0 Å². The number of hydrogen-bond acceptors (Lipinski definition) is 6. The predicted octanol–water partition coefficient (Wildman–Crippen LogP) is 4.96. The molecule has 6 nitrogen and oxygen atoms in total. The minimum atomic E-state index is -0.869. The van der Waals surface area contributed by atoms with Crippen LogP contribution in [0, 0.1) is 12.7 Å². The van der Waals surface area contributed by atoms with Crippen LogP contribution in [0.5, 0.6) is 0 Å². The van der Waals surface area contributed by atoms with Crippen molar-refractivity contribution in [3.8, 4) is 11.3 Å². The number of rotatable bonds is 6. The minimum Gasteiger partial charge on any atom is -0.452 e. The van der Waals surface area contributed by atoms with Crippen LogP contribution in [-0.4, -0.2) is 29.9 Å². The van der Waals surface area contributed by atoms with Crippen molar-refractivity contribution < 1.29 is 23.2 Å². The molecule has 0 aliphatic rings. The number of thioether (sulfide) groups is 1. The van der Waals surface area contributed by atoms with E-state index in [1.54, 1.807) is 18.2 Å². The van der Waals surface area contributed by atoms with Crippen molar-refractivity contribution in [3.05, 3.63) is 64.6 Å². The summed E-state index contributed by atoms with van der Waals surface area (Å²) in [5.74, 6) is -1.93. The Morgan fingerprint density at radius 3 is 2.76 bits per heavy atom. The van der Waals surface area contributed by atoms with Gasteiger partial charge in [-0.2, -0.15) is 0 Å². The van der Waals surface area contributed by atoms with Crippen LogP contribution in [0.4, 0.5) is 10.1 Å². The number of amides is 1. The molecule has 0 unspecified atom stereocenters. The number of anilines is 1. The molecule has 0 aliphatic heterocycles. The Hall–Kier alpha value is -2.84. The van der Waals surface area contributed by atoms with E-state index in [9.17, 15) is 14.0 Å². The van der Waals surface area contributed by atoms with E-state index in [2.05, 4.69) is 10.5 Å². The quantitative estimate of drug-likeness (QED) is 0.436. The first-order chi connectivity index (χ1) is 13.9. The van der Waals surface area contributed by atoms with Crippen LogP contribution in [0.15, 0.2) is 51.9 Å². The lowest BCUT2D eigenvalue weighted by Gasteiger charge is -2.08. The van der Waals surface area contributed by atoms with E-state index in [1.807, 2.05) is 12.3 Å². The van der Waals surface area contributed by atoms with Crippen molar-refractivity contribution in [1.82, 2.24) is 5.16 Å². The lowest BCUT2D eigenvalue weighted by atomic mass is 10.1. The number of nitrogens with one attached hydrogen (secondary N) is 1. The van der Waals surface area contributed by atoms with Gasteiger partial charge in [0.1, 0.15) is 22.8 Å². The maximum absolute atomic E-state index is 14.2. The number of esters is 1. The second kappa shape index (κ2) is 9.11. The van der Waals surface area contributed by atoms with Gasteiger partial charge in [-0.3, -0.25) is 4.79 Å². The molecular weight excluding hydrogens is 419 g/mol. The Morgan fingerprint density at radius 2 is 2.03 bits per heavy atom. The van der Waals surface area contributed by atoms with Crippen molar-refractivity contribution in [3.63, 3.8) is 0 Å². The van der Waals surface area contributed by atoms with E-state index in [1.165, 1.54) is 36.9 Å². The van der Waals surface area contributed by atoms with Crippen molar-refractivity contribution in [2.45, 2.75) is 11.8 Å². The first kappa shape index (κ1) is 20.9. The zero-order chi connectivity index (χ0) is 21.0. The molecule has 1 amide bonds. The third-order valence-corrected chi connectivity index (χ3v) is 4.99. The van der Waals surface area contributed by atoms with Gasteiger partial charge in [0.2, 0.25) is 0 Å². The van der Waals surface area contributed by atoms with Crippen LogP contribution >= 0.6 is 23.4 Å². The highest BCUT2D eigenvalue weighted by Crippen LogP contribution is 2.33. The number of hydrogen-bond donors (Lipinski definition) is 1. The molecular formula is C20H16ClFN2O4S. The largest absolute Gasteiger partial charge is 0.452 e. The summed E-state index contributed by atoms with van der Waals surface area (Å²) in [6.07, 6.45) is 1.92. The number of benzene rings is 2. The molecule has 1 heterocycles. The van der Waals surface area contributed by atoms with Gasteiger partial charge in [0.25, 0.3) is 5.91 Å². The van der Waals surface area contributed by atoms with Crippen LogP contribution < -0.4 is 5.32 Å². The number of ether oxygens (including phenoxy) is 1. The maximum Gasteiger partial charge on any atom is 0.344 e. The maximum atomic E-state index is 14.2. The molecule has 29 heavy (non-hydrogen) atoms. The van der Waals surface area contributed by atoms with Crippen LogP contribution in [0.25, 0.3) is 11.3 Å². The lowest BCUT2D eigenvalue weighted by molar-refractivity contribution is -0.119. The molecule has 0 atom stereocenters. The predicted molar refractivity (Wildman–Crippen MR) is 109 cm³/mol. The Bertz CT molecular complexity index is 1050. The van der Waals surface area contributed by atoms with E-state index in [4.69, 9.17) is 20.9 Å². The third kappa shape index (κ3) is 4.78. The third-order valence-electron chi connectivity index (χ3n) is 3.95. The Balaban J connectivity index is 1.73. The van der Waals surface area contributed by atoms with Gasteiger partial charge in [-0.25, -0.2) is 9.18 Å². The summed E-state index contributed by atoms with van der Waals surface area (Å²) in [6.45, 7) is 0.952. The highest BCUT2D eigenvalue weighted by Gasteiger charge is 2.27. The van der Waals surface area contributed by atoms with Crippen molar-refractivity contribution in [1.29, 1.82) is 0 Å². The van der Waals surface area contributed by atoms with Crippen molar-refractivity contribution in [2.24, 2.45) is 0 Å². The first-order valence-electron chi connectivity index (χ1n) is 8.42. The Labute approximate surface area is 175 Å². The van der Waals surface area contributed by atoms with E-state index in [-0.39, 0.29) is 27.6 Å². The fourth-order valence-corrected chi connectivity index (χ4v) is 3.32. The molecule has 0 saturated carbocycles. The zero-order valence-corrected chi connectivity index (χ0v) is 17.1. The van der Waals surface area contributed by atoms with Gasteiger partial charge in [0.05, 0.1) is 10.6 Å². The summed E-state index contributed by atoms with van der Waals surface area (Å²) in [7, 11) is 0. The summed E-state index contributed by atoms with van der Waals surface area (Å²) in [6, 6.07) is 11.3. The van der Waals surface area contributed by atoms with Crippen LogP contribution in [-0.2, 0) is 9.53 Å². The number of carbonyl (C=O) groups is 2. The van der Waals surface area contributed by atoms with Gasteiger partial charge in [0.15, 0.2) is 6.61 Å². The highest BCUT2D eigenvalue weighted by atomic mass is 35.5. The standard InChI is InChI=1S/C20H16ClFN2O4S/c1-11-17(19(24-28-11)18-14(21)7-4-8-15(18)22)20(26)27-10-16(25)23-12-5-3-6-13(9-12)29-2/h3-9H,10H2,1-2H3,(H,23,25). The number of halogens is 2. The molecule has 0 bridgehead atoms. The first-order valence-corrected chi connectivity index (χ1v) is 10.0. The zero-order valence-electron chi connectivity index (χ0n) is 15.5. The van der Waals surface area contributed by atoms with Gasteiger partial charge in [-0.1, -0.05) is 28.9 Å². The molecule has 0 fully saturated rings. The summed E-state index contributed by atoms with van der Waals surface area (Å²) >= 11 is 7.59. The molecule has 0 saturated heterocycles. The van der Waals surface area contributed by atoms with E-state index in [0.717, 1.165) is 4.90 Å². The minimum absolute atomic E-state index is 0.0683. The topological polar surface area (TPSA) is 81.4 Å². The SMILES string of the molecule is CSc1cccc(NC(=O)COC(=O)c2c(-c3c(F)cccc3Cl)noc2C)c1. The number of aromatic nitrogens is 1. The monoisotopic (exact) mass is 434 g/mol. The second-order valence-electron chi connectivity index (χ2n) is 5.92. The molecule has 0 spiro atoms. The molecule has 9 heteroatoms. The lowest BCUT2D eigenvalue weighted by Crippen LogP contribution is -2.21. The Morgan fingerprint density at radius 1 is 1.28 bits per heavy atom. The van der Waals surface area contributed by atoms with E-state index < -0.39 is 24.3 Å². The molecule has 1 aromatic heterocycles. The van der Waals surface area contributed by atoms with E-state index >= 15 is 0 Å². The number of carbonyl (C=O) groups excluding carboxylic acids is 2. The van der Waals surface area contributed by atoms with Gasteiger partial charge in [0, 0.05) is 10.6 Å².